The van der Waals surface area contributed by atoms with Crippen molar-refractivity contribution in [1.29, 1.82) is 0 Å². The number of benzene rings is 2. The second kappa shape index (κ2) is 6.78. The Bertz CT molecular complexity index is 923. The van der Waals surface area contributed by atoms with Crippen molar-refractivity contribution in [3.63, 3.8) is 0 Å². The summed E-state index contributed by atoms with van der Waals surface area (Å²) in [5.74, 6) is -0.394. The summed E-state index contributed by atoms with van der Waals surface area (Å²) in [6, 6.07) is 14.6. The first-order valence-electron chi connectivity index (χ1n) is 7.41. The van der Waals surface area contributed by atoms with Crippen LogP contribution in [0.25, 0.3) is 6.08 Å². The van der Waals surface area contributed by atoms with Crippen molar-refractivity contribution in [2.45, 2.75) is 0 Å². The summed E-state index contributed by atoms with van der Waals surface area (Å²) in [7, 11) is -3.73. The average molecular weight is 357 g/mol. The molecule has 1 saturated heterocycles. The Kier molecular flexibility index (Phi) is 4.53. The van der Waals surface area contributed by atoms with Gasteiger partial charge in [-0.15, -0.1) is 0 Å². The number of amides is 3. The van der Waals surface area contributed by atoms with Gasteiger partial charge < -0.3 is 5.32 Å². The highest BCUT2D eigenvalue weighted by atomic mass is 32.2. The molecule has 0 unspecified atom stereocenters. The first kappa shape index (κ1) is 16.7. The van der Waals surface area contributed by atoms with Gasteiger partial charge in [0.05, 0.1) is 23.3 Å². The highest BCUT2D eigenvalue weighted by molar-refractivity contribution is 7.95. The SMILES string of the molecule is O=C1CNC(=O)N1c1cccc(NS(=O)(=O)/C=C/c2ccccc2)c1. The van der Waals surface area contributed by atoms with E-state index in [1.165, 1.54) is 18.2 Å². The van der Waals surface area contributed by atoms with Crippen LogP contribution in [-0.4, -0.2) is 26.9 Å². The molecular formula is C17H15N3O4S. The highest BCUT2D eigenvalue weighted by Gasteiger charge is 2.30. The molecule has 0 radical (unpaired) electrons. The lowest BCUT2D eigenvalue weighted by molar-refractivity contribution is -0.115. The third-order valence-corrected chi connectivity index (χ3v) is 4.46. The first-order chi connectivity index (χ1) is 11.9. The molecule has 2 aromatic rings. The van der Waals surface area contributed by atoms with Crippen molar-refractivity contribution in [2.75, 3.05) is 16.2 Å². The van der Waals surface area contributed by atoms with Crippen molar-refractivity contribution in [2.24, 2.45) is 0 Å². The lowest BCUT2D eigenvalue weighted by Gasteiger charge is -2.14. The molecule has 2 aromatic carbocycles. The van der Waals surface area contributed by atoms with Gasteiger partial charge in [-0.1, -0.05) is 36.4 Å². The van der Waals surface area contributed by atoms with Crippen LogP contribution in [0, 0.1) is 0 Å². The zero-order valence-corrected chi connectivity index (χ0v) is 13.9. The van der Waals surface area contributed by atoms with Crippen LogP contribution < -0.4 is 14.9 Å². The van der Waals surface area contributed by atoms with Gasteiger partial charge in [-0.25, -0.2) is 18.1 Å². The number of carbonyl (C=O) groups excluding carboxylic acids is 2. The number of imide groups is 1. The van der Waals surface area contributed by atoms with Gasteiger partial charge in [0.25, 0.3) is 15.9 Å². The van der Waals surface area contributed by atoms with E-state index in [-0.39, 0.29) is 12.2 Å². The fourth-order valence-electron chi connectivity index (χ4n) is 2.32. The molecule has 0 bridgehead atoms. The minimum Gasteiger partial charge on any atom is -0.328 e. The lowest BCUT2D eigenvalue weighted by atomic mass is 10.2. The minimum atomic E-state index is -3.73. The Hall–Kier alpha value is -3.13. The third-order valence-electron chi connectivity index (χ3n) is 3.45. The van der Waals surface area contributed by atoms with E-state index in [1.54, 1.807) is 36.4 Å². The summed E-state index contributed by atoms with van der Waals surface area (Å²) in [6.45, 7) is -0.0748. The van der Waals surface area contributed by atoms with Gasteiger partial charge >= 0.3 is 6.03 Å². The van der Waals surface area contributed by atoms with Crippen LogP contribution in [0.1, 0.15) is 5.56 Å². The number of urea groups is 1. The van der Waals surface area contributed by atoms with E-state index in [4.69, 9.17) is 0 Å². The molecule has 1 fully saturated rings. The van der Waals surface area contributed by atoms with Gasteiger partial charge in [0.2, 0.25) is 0 Å². The summed E-state index contributed by atoms with van der Waals surface area (Å²) in [6.07, 6.45) is 1.48. The predicted molar refractivity (Wildman–Crippen MR) is 95.3 cm³/mol. The number of sulfonamides is 1. The second-order valence-electron chi connectivity index (χ2n) is 5.30. The van der Waals surface area contributed by atoms with Gasteiger partial charge in [0, 0.05) is 0 Å². The molecule has 0 saturated carbocycles. The van der Waals surface area contributed by atoms with E-state index in [9.17, 15) is 18.0 Å². The summed E-state index contributed by atoms with van der Waals surface area (Å²) in [4.78, 5) is 24.4. The molecule has 1 heterocycles. The average Bonchev–Trinajstić information content (AvgIpc) is 2.93. The molecule has 0 aromatic heterocycles. The molecule has 7 nitrogen and oxygen atoms in total. The van der Waals surface area contributed by atoms with E-state index < -0.39 is 22.0 Å². The fourth-order valence-corrected chi connectivity index (χ4v) is 3.18. The molecule has 1 aliphatic rings. The van der Waals surface area contributed by atoms with Crippen LogP contribution in [0.3, 0.4) is 0 Å². The Morgan fingerprint density at radius 2 is 1.80 bits per heavy atom. The summed E-state index contributed by atoms with van der Waals surface area (Å²) < 4.78 is 26.8. The van der Waals surface area contributed by atoms with Gasteiger partial charge in [0.15, 0.2) is 0 Å². The van der Waals surface area contributed by atoms with Crippen molar-refractivity contribution in [3.8, 4) is 0 Å². The standard InChI is InChI=1S/C17H15N3O4S/c21-16-12-18-17(22)20(16)15-8-4-7-14(11-15)19-25(23,24)10-9-13-5-2-1-3-6-13/h1-11,19H,12H2,(H,18,22)/b10-9+. The van der Waals surface area contributed by atoms with Gasteiger partial charge in [-0.05, 0) is 29.8 Å². The third kappa shape index (κ3) is 4.04. The Morgan fingerprint density at radius 1 is 1.04 bits per heavy atom. The molecule has 3 rings (SSSR count). The largest absolute Gasteiger partial charge is 0.329 e. The molecule has 128 valence electrons. The summed E-state index contributed by atoms with van der Waals surface area (Å²) >= 11 is 0. The Morgan fingerprint density at radius 3 is 2.48 bits per heavy atom. The Balaban J connectivity index is 1.79. The van der Waals surface area contributed by atoms with E-state index in [2.05, 4.69) is 10.0 Å². The maximum Gasteiger partial charge on any atom is 0.329 e. The lowest BCUT2D eigenvalue weighted by Crippen LogP contribution is -2.30. The zero-order chi connectivity index (χ0) is 17.9. The monoisotopic (exact) mass is 357 g/mol. The molecule has 2 N–H and O–H groups in total. The van der Waals surface area contributed by atoms with Crippen molar-refractivity contribution in [3.05, 3.63) is 65.6 Å². The summed E-state index contributed by atoms with van der Waals surface area (Å²) in [5, 5.41) is 3.47. The highest BCUT2D eigenvalue weighted by Crippen LogP contribution is 2.22. The number of hydrogen-bond acceptors (Lipinski definition) is 4. The van der Waals surface area contributed by atoms with E-state index in [0.29, 0.717) is 5.69 Å². The van der Waals surface area contributed by atoms with Gasteiger partial charge in [-0.2, -0.15) is 0 Å². The van der Waals surface area contributed by atoms with Crippen LogP contribution in [0.5, 0.6) is 0 Å². The number of carbonyl (C=O) groups is 2. The van der Waals surface area contributed by atoms with Crippen LogP contribution in [0.4, 0.5) is 16.2 Å². The predicted octanol–water partition coefficient (Wildman–Crippen LogP) is 2.16. The van der Waals surface area contributed by atoms with Crippen LogP contribution in [0.15, 0.2) is 60.0 Å². The second-order valence-corrected chi connectivity index (χ2v) is 6.86. The topological polar surface area (TPSA) is 95.6 Å². The van der Waals surface area contributed by atoms with Crippen LogP contribution >= 0.6 is 0 Å². The molecule has 0 atom stereocenters. The van der Waals surface area contributed by atoms with Crippen molar-refractivity contribution >= 4 is 39.4 Å². The van der Waals surface area contributed by atoms with E-state index in [0.717, 1.165) is 15.9 Å². The number of nitrogens with one attached hydrogen (secondary N) is 2. The number of nitrogens with zero attached hydrogens (tertiary/aromatic N) is 1. The fraction of sp³-hybridized carbons (Fsp3) is 0.0588. The molecule has 0 aliphatic carbocycles. The van der Waals surface area contributed by atoms with Crippen LogP contribution in [-0.2, 0) is 14.8 Å². The van der Waals surface area contributed by atoms with E-state index >= 15 is 0 Å². The number of rotatable bonds is 5. The summed E-state index contributed by atoms with van der Waals surface area (Å²) in [5.41, 5.74) is 1.30. The van der Waals surface area contributed by atoms with Gasteiger partial charge in [-0.3, -0.25) is 9.52 Å². The minimum absolute atomic E-state index is 0.0748. The zero-order valence-electron chi connectivity index (χ0n) is 13.0. The maximum absolute atomic E-state index is 12.2. The molecule has 25 heavy (non-hydrogen) atoms. The first-order valence-corrected chi connectivity index (χ1v) is 8.96. The van der Waals surface area contributed by atoms with E-state index in [1.807, 2.05) is 6.07 Å². The molecular weight excluding hydrogens is 342 g/mol. The molecule has 3 amide bonds. The smallest absolute Gasteiger partial charge is 0.328 e. The van der Waals surface area contributed by atoms with Crippen molar-refractivity contribution in [1.82, 2.24) is 5.32 Å². The quantitative estimate of drug-likeness (QED) is 0.802. The molecule has 1 aliphatic heterocycles. The molecule has 8 heteroatoms. The normalized spacial score (nSPS) is 14.8. The van der Waals surface area contributed by atoms with Gasteiger partial charge in [0.1, 0.15) is 0 Å². The van der Waals surface area contributed by atoms with Crippen molar-refractivity contribution < 1.29 is 18.0 Å². The Labute approximate surface area is 145 Å². The van der Waals surface area contributed by atoms with Crippen LogP contribution in [0.2, 0.25) is 0 Å². The molecule has 0 spiro atoms. The maximum atomic E-state index is 12.2. The number of anilines is 2. The number of hydrogen-bond donors (Lipinski definition) is 2.